The van der Waals surface area contributed by atoms with E-state index in [9.17, 15) is 0 Å². The van der Waals surface area contributed by atoms with Crippen molar-refractivity contribution in [3.05, 3.63) is 0 Å². The van der Waals surface area contributed by atoms with E-state index in [0.717, 1.165) is 19.0 Å². The largest absolute Gasteiger partial charge is 0.327 e. The van der Waals surface area contributed by atoms with E-state index in [-0.39, 0.29) is 0 Å². The fourth-order valence-corrected chi connectivity index (χ4v) is 1.87. The zero-order valence-electron chi connectivity index (χ0n) is 6.89. The highest BCUT2D eigenvalue weighted by Crippen LogP contribution is 2.47. The van der Waals surface area contributed by atoms with E-state index in [2.05, 4.69) is 6.92 Å². The Bertz CT molecular complexity index is 119. The lowest BCUT2D eigenvalue weighted by molar-refractivity contribution is 0.323. The Morgan fingerprint density at radius 1 is 1.30 bits per heavy atom. The van der Waals surface area contributed by atoms with Crippen molar-refractivity contribution in [3.63, 3.8) is 0 Å². The minimum atomic E-state index is -2.20. The Hall–Kier alpha value is 0.150. The summed E-state index contributed by atoms with van der Waals surface area (Å²) in [4.78, 5) is 0. The molecule has 0 saturated carbocycles. The van der Waals surface area contributed by atoms with Crippen LogP contribution in [0.1, 0.15) is 19.8 Å². The van der Waals surface area contributed by atoms with Gasteiger partial charge in [0.2, 0.25) is 7.51 Å². The minimum absolute atomic E-state index is 0.747. The monoisotopic (exact) mass is 165 g/mol. The van der Waals surface area contributed by atoms with Crippen molar-refractivity contribution in [2.45, 2.75) is 19.8 Å². The Morgan fingerprint density at radius 3 is 2.10 bits per heavy atom. The summed E-state index contributed by atoms with van der Waals surface area (Å²) in [5.41, 5.74) is 0. The van der Waals surface area contributed by atoms with Gasteiger partial charge in [0.25, 0.3) is 0 Å². The summed E-state index contributed by atoms with van der Waals surface area (Å²) in [6.07, 6.45) is 2.85. The molecule has 0 aliphatic carbocycles. The number of nitrogens with one attached hydrogen (secondary N) is 1. The lowest BCUT2D eigenvalue weighted by atomic mass is 10.4. The molecule has 0 bridgehead atoms. The van der Waals surface area contributed by atoms with Crippen molar-refractivity contribution >= 4 is 7.51 Å². The van der Waals surface area contributed by atoms with Crippen LogP contribution in [0.4, 0.5) is 0 Å². The van der Waals surface area contributed by atoms with E-state index in [0.29, 0.717) is 0 Å². The van der Waals surface area contributed by atoms with Crippen LogP contribution in [0.3, 0.4) is 0 Å². The molecule has 0 aromatic rings. The molecular formula is C6H16NO2P. The molecule has 0 aromatic carbocycles. The van der Waals surface area contributed by atoms with Crippen LogP contribution < -0.4 is 0 Å². The maximum absolute atomic E-state index is 7.59. The van der Waals surface area contributed by atoms with Crippen LogP contribution in [0.15, 0.2) is 0 Å². The van der Waals surface area contributed by atoms with Crippen LogP contribution in [0.2, 0.25) is 0 Å². The molecule has 1 N–H and O–H groups in total. The average Bonchev–Trinajstić information content (AvgIpc) is 2.00. The summed E-state index contributed by atoms with van der Waals surface area (Å²) in [7, 11) is 0.886. The van der Waals surface area contributed by atoms with Gasteiger partial charge in [0.15, 0.2) is 0 Å². The highest BCUT2D eigenvalue weighted by molar-refractivity contribution is 7.55. The first-order valence-electron chi connectivity index (χ1n) is 3.43. The number of unbranched alkanes of at least 4 members (excludes halogenated alkanes) is 1. The van der Waals surface area contributed by atoms with E-state index < -0.39 is 7.51 Å². The normalized spacial score (nSPS) is 11.9. The molecule has 0 atom stereocenters. The molecule has 0 radical (unpaired) electrons. The van der Waals surface area contributed by atoms with Gasteiger partial charge in [-0.1, -0.05) is 13.3 Å². The molecule has 0 aromatic heterocycles. The van der Waals surface area contributed by atoms with Crippen LogP contribution >= 0.6 is 7.51 Å². The van der Waals surface area contributed by atoms with Crippen LogP contribution in [0, 0.1) is 5.16 Å². The molecule has 0 spiro atoms. The van der Waals surface area contributed by atoms with Crippen molar-refractivity contribution < 1.29 is 9.05 Å². The fourth-order valence-electron chi connectivity index (χ4n) is 0.623. The molecule has 62 valence electrons. The molecule has 0 rings (SSSR count). The zero-order chi connectivity index (χ0) is 8.04. The molecule has 0 aliphatic heterocycles. The standard InChI is InChI=1S/C6H16NO2P/c1-4-5-6-10(7,8-2)9-3/h7H,4-6H2,1-3H3. The Balaban J connectivity index is 3.70. The van der Waals surface area contributed by atoms with Gasteiger partial charge in [0, 0.05) is 20.4 Å². The third kappa shape index (κ3) is 3.35. The summed E-state index contributed by atoms with van der Waals surface area (Å²) >= 11 is 0. The maximum atomic E-state index is 7.59. The van der Waals surface area contributed by atoms with Crippen molar-refractivity contribution in [1.29, 1.82) is 5.16 Å². The second-order valence-corrected chi connectivity index (χ2v) is 4.64. The summed E-state index contributed by atoms with van der Waals surface area (Å²) in [5, 5.41) is 7.59. The van der Waals surface area contributed by atoms with Gasteiger partial charge < -0.3 is 9.05 Å². The van der Waals surface area contributed by atoms with Crippen molar-refractivity contribution in [1.82, 2.24) is 0 Å². The van der Waals surface area contributed by atoms with E-state index in [1.54, 1.807) is 14.2 Å². The van der Waals surface area contributed by atoms with Crippen molar-refractivity contribution in [3.8, 4) is 0 Å². The van der Waals surface area contributed by atoms with Crippen LogP contribution in [-0.4, -0.2) is 20.4 Å². The number of hydrogen-bond acceptors (Lipinski definition) is 3. The first kappa shape index (κ1) is 10.2. The van der Waals surface area contributed by atoms with Gasteiger partial charge in [-0.2, -0.15) is 0 Å². The number of rotatable bonds is 5. The molecule has 0 heterocycles. The highest BCUT2D eigenvalue weighted by Gasteiger charge is 2.12. The molecule has 0 amide bonds. The van der Waals surface area contributed by atoms with Gasteiger partial charge >= 0.3 is 0 Å². The second kappa shape index (κ2) is 4.89. The fraction of sp³-hybridized carbons (Fsp3) is 1.00. The van der Waals surface area contributed by atoms with Gasteiger partial charge in [-0.3, -0.25) is 5.16 Å². The van der Waals surface area contributed by atoms with Crippen LogP contribution in [0.5, 0.6) is 0 Å². The molecule has 0 aliphatic rings. The third-order valence-electron chi connectivity index (χ3n) is 1.40. The second-order valence-electron chi connectivity index (χ2n) is 2.12. The van der Waals surface area contributed by atoms with Crippen molar-refractivity contribution in [2.75, 3.05) is 20.4 Å². The Kier molecular flexibility index (Phi) is 4.96. The first-order valence-corrected chi connectivity index (χ1v) is 5.24. The predicted molar refractivity (Wildman–Crippen MR) is 43.4 cm³/mol. The zero-order valence-corrected chi connectivity index (χ0v) is 7.78. The highest BCUT2D eigenvalue weighted by atomic mass is 31.2. The van der Waals surface area contributed by atoms with Gasteiger partial charge in [-0.15, -0.1) is 0 Å². The molecule has 0 unspecified atom stereocenters. The Labute approximate surface area is 62.7 Å². The van der Waals surface area contributed by atoms with E-state index >= 15 is 0 Å². The van der Waals surface area contributed by atoms with Crippen LogP contribution in [-0.2, 0) is 9.05 Å². The van der Waals surface area contributed by atoms with Gasteiger partial charge in [0.1, 0.15) is 0 Å². The van der Waals surface area contributed by atoms with E-state index in [1.807, 2.05) is 0 Å². The Morgan fingerprint density at radius 2 is 1.80 bits per heavy atom. The predicted octanol–water partition coefficient (Wildman–Crippen LogP) is 2.69. The lowest BCUT2D eigenvalue weighted by Gasteiger charge is -2.16. The summed E-state index contributed by atoms with van der Waals surface area (Å²) in [5.74, 6) is 0. The van der Waals surface area contributed by atoms with Crippen molar-refractivity contribution in [2.24, 2.45) is 0 Å². The third-order valence-corrected chi connectivity index (χ3v) is 3.48. The first-order chi connectivity index (χ1) is 4.68. The smallest absolute Gasteiger partial charge is 0.209 e. The molecule has 10 heavy (non-hydrogen) atoms. The quantitative estimate of drug-likeness (QED) is 0.636. The lowest BCUT2D eigenvalue weighted by Crippen LogP contribution is -1.92. The van der Waals surface area contributed by atoms with Crippen LogP contribution in [0.25, 0.3) is 0 Å². The van der Waals surface area contributed by atoms with Gasteiger partial charge in [-0.05, 0) is 6.42 Å². The van der Waals surface area contributed by atoms with E-state index in [1.165, 1.54) is 0 Å². The summed E-state index contributed by atoms with van der Waals surface area (Å²) < 4.78 is 9.89. The minimum Gasteiger partial charge on any atom is -0.327 e. The summed E-state index contributed by atoms with van der Waals surface area (Å²) in [6.45, 7) is 2.09. The van der Waals surface area contributed by atoms with Gasteiger partial charge in [-0.25, -0.2) is 0 Å². The SMILES string of the molecule is CCCCP(=N)(OC)OC. The molecule has 3 nitrogen and oxygen atoms in total. The van der Waals surface area contributed by atoms with E-state index in [4.69, 9.17) is 14.2 Å². The molecule has 0 fully saturated rings. The number of hydrogen-bond donors (Lipinski definition) is 1. The maximum Gasteiger partial charge on any atom is 0.209 e. The topological polar surface area (TPSA) is 42.3 Å². The molecule has 4 heteroatoms. The molecule has 0 saturated heterocycles. The summed E-state index contributed by atoms with van der Waals surface area (Å²) in [6, 6.07) is 0. The van der Waals surface area contributed by atoms with Gasteiger partial charge in [0.05, 0.1) is 0 Å². The molecular weight excluding hydrogens is 149 g/mol. The average molecular weight is 165 g/mol.